The van der Waals surface area contributed by atoms with Crippen LogP contribution in [0.2, 0.25) is 0 Å². The van der Waals surface area contributed by atoms with Gasteiger partial charge in [-0.05, 0) is 18.1 Å². The summed E-state index contributed by atoms with van der Waals surface area (Å²) in [5.41, 5.74) is 1.23. The summed E-state index contributed by atoms with van der Waals surface area (Å²) in [6.45, 7) is 1.87. The van der Waals surface area contributed by atoms with Crippen molar-refractivity contribution < 1.29 is 15.0 Å². The second-order valence-corrected chi connectivity index (χ2v) is 3.13. The van der Waals surface area contributed by atoms with Crippen molar-refractivity contribution in [3.05, 3.63) is 28.8 Å². The molecule has 0 heterocycles. The molecule has 0 amide bonds. The minimum atomic E-state index is -1.06. The Balaban J connectivity index is 3.33. The lowest BCUT2D eigenvalue weighted by Gasteiger charge is -2.08. The Morgan fingerprint density at radius 3 is 2.67 bits per heavy atom. The molecule has 1 aromatic carbocycles. The third kappa shape index (κ3) is 2.26. The first-order valence-corrected chi connectivity index (χ1v) is 4.55. The fourth-order valence-electron chi connectivity index (χ4n) is 1.45. The van der Waals surface area contributed by atoms with Gasteiger partial charge in [0.15, 0.2) is 0 Å². The van der Waals surface area contributed by atoms with E-state index in [0.717, 1.165) is 5.56 Å². The molecule has 0 spiro atoms. The van der Waals surface area contributed by atoms with Crippen molar-refractivity contribution in [1.82, 2.24) is 0 Å². The lowest BCUT2D eigenvalue weighted by atomic mass is 9.97. The van der Waals surface area contributed by atoms with Gasteiger partial charge in [-0.1, -0.05) is 13.0 Å². The van der Waals surface area contributed by atoms with Gasteiger partial charge in [-0.2, -0.15) is 5.26 Å². The van der Waals surface area contributed by atoms with Crippen LogP contribution in [-0.4, -0.2) is 16.2 Å². The van der Waals surface area contributed by atoms with Crippen LogP contribution in [0.4, 0.5) is 0 Å². The molecule has 0 aliphatic carbocycles. The average Bonchev–Trinajstić information content (AvgIpc) is 2.20. The minimum absolute atomic E-state index is 0.133. The van der Waals surface area contributed by atoms with Crippen molar-refractivity contribution in [3.8, 4) is 11.8 Å². The SMILES string of the molecule is CCc1ccc(O)c(CC(=O)O)c1C#N. The molecule has 0 saturated heterocycles. The summed E-state index contributed by atoms with van der Waals surface area (Å²) >= 11 is 0. The number of nitriles is 1. The number of rotatable bonds is 3. The fourth-order valence-corrected chi connectivity index (χ4v) is 1.45. The van der Waals surface area contributed by atoms with Crippen LogP contribution in [0.3, 0.4) is 0 Å². The maximum atomic E-state index is 10.6. The maximum absolute atomic E-state index is 10.6. The van der Waals surface area contributed by atoms with Crippen molar-refractivity contribution in [2.75, 3.05) is 0 Å². The largest absolute Gasteiger partial charge is 0.508 e. The second-order valence-electron chi connectivity index (χ2n) is 3.13. The Bertz CT molecular complexity index is 432. The molecule has 0 fully saturated rings. The highest BCUT2D eigenvalue weighted by Gasteiger charge is 2.14. The monoisotopic (exact) mass is 205 g/mol. The van der Waals surface area contributed by atoms with Gasteiger partial charge in [-0.25, -0.2) is 0 Å². The zero-order valence-electron chi connectivity index (χ0n) is 8.32. The summed E-state index contributed by atoms with van der Waals surface area (Å²) in [5, 5.41) is 27.0. The predicted molar refractivity (Wildman–Crippen MR) is 53.5 cm³/mol. The van der Waals surface area contributed by atoms with Gasteiger partial charge in [0, 0.05) is 5.56 Å². The molecule has 0 atom stereocenters. The Hall–Kier alpha value is -2.02. The van der Waals surface area contributed by atoms with Crippen molar-refractivity contribution in [2.45, 2.75) is 19.8 Å². The van der Waals surface area contributed by atoms with Crippen LogP contribution in [0.5, 0.6) is 5.75 Å². The normalized spacial score (nSPS) is 9.60. The smallest absolute Gasteiger partial charge is 0.308 e. The van der Waals surface area contributed by atoms with E-state index in [4.69, 9.17) is 10.4 Å². The number of benzene rings is 1. The highest BCUT2D eigenvalue weighted by Crippen LogP contribution is 2.25. The van der Waals surface area contributed by atoms with Crippen molar-refractivity contribution >= 4 is 5.97 Å². The summed E-state index contributed by atoms with van der Waals surface area (Å²) in [4.78, 5) is 10.6. The third-order valence-corrected chi connectivity index (χ3v) is 2.20. The van der Waals surface area contributed by atoms with E-state index in [2.05, 4.69) is 0 Å². The van der Waals surface area contributed by atoms with Gasteiger partial charge < -0.3 is 10.2 Å². The molecule has 0 bridgehead atoms. The molecule has 15 heavy (non-hydrogen) atoms. The summed E-state index contributed by atoms with van der Waals surface area (Å²) in [5.74, 6) is -1.19. The molecule has 2 N–H and O–H groups in total. The summed E-state index contributed by atoms with van der Waals surface area (Å²) in [6, 6.07) is 5.00. The Kier molecular flexibility index (Phi) is 3.29. The highest BCUT2D eigenvalue weighted by atomic mass is 16.4. The standard InChI is InChI=1S/C11H11NO3/c1-2-7-3-4-10(13)8(5-11(14)15)9(7)6-12/h3-4,13H,2,5H2,1H3,(H,14,15). The molecule has 0 radical (unpaired) electrons. The lowest BCUT2D eigenvalue weighted by Crippen LogP contribution is -2.04. The molecule has 0 aromatic heterocycles. The average molecular weight is 205 g/mol. The Morgan fingerprint density at radius 1 is 1.53 bits per heavy atom. The molecule has 78 valence electrons. The zero-order valence-corrected chi connectivity index (χ0v) is 8.32. The van der Waals surface area contributed by atoms with Crippen LogP contribution in [-0.2, 0) is 17.6 Å². The van der Waals surface area contributed by atoms with E-state index in [-0.39, 0.29) is 23.3 Å². The van der Waals surface area contributed by atoms with Crippen molar-refractivity contribution in [1.29, 1.82) is 5.26 Å². The first-order valence-electron chi connectivity index (χ1n) is 4.55. The van der Waals surface area contributed by atoms with E-state index >= 15 is 0 Å². The quantitative estimate of drug-likeness (QED) is 0.782. The lowest BCUT2D eigenvalue weighted by molar-refractivity contribution is -0.136. The van der Waals surface area contributed by atoms with Gasteiger partial charge in [0.2, 0.25) is 0 Å². The summed E-state index contributed by atoms with van der Waals surface area (Å²) in [6.07, 6.45) is 0.304. The topological polar surface area (TPSA) is 81.3 Å². The number of aryl methyl sites for hydroxylation is 1. The number of carbonyl (C=O) groups is 1. The minimum Gasteiger partial charge on any atom is -0.508 e. The Labute approximate surface area is 87.4 Å². The van der Waals surface area contributed by atoms with E-state index < -0.39 is 5.97 Å². The van der Waals surface area contributed by atoms with E-state index in [0.29, 0.717) is 6.42 Å². The number of aliphatic carboxylic acids is 1. The van der Waals surface area contributed by atoms with E-state index in [1.54, 1.807) is 6.07 Å². The predicted octanol–water partition coefficient (Wildman–Crippen LogP) is 1.45. The number of nitrogens with zero attached hydrogens (tertiary/aromatic N) is 1. The molecule has 4 heteroatoms. The van der Waals surface area contributed by atoms with Gasteiger partial charge in [0.1, 0.15) is 5.75 Å². The fraction of sp³-hybridized carbons (Fsp3) is 0.273. The number of carboxylic acid groups (broad SMARTS) is 1. The van der Waals surface area contributed by atoms with E-state index in [9.17, 15) is 9.90 Å². The molecule has 4 nitrogen and oxygen atoms in total. The number of hydrogen-bond donors (Lipinski definition) is 2. The van der Waals surface area contributed by atoms with Crippen LogP contribution >= 0.6 is 0 Å². The van der Waals surface area contributed by atoms with Crippen LogP contribution < -0.4 is 0 Å². The van der Waals surface area contributed by atoms with Gasteiger partial charge in [-0.15, -0.1) is 0 Å². The molecular weight excluding hydrogens is 194 g/mol. The Morgan fingerprint density at radius 2 is 2.20 bits per heavy atom. The molecule has 0 saturated carbocycles. The summed E-state index contributed by atoms with van der Waals surface area (Å²) < 4.78 is 0. The van der Waals surface area contributed by atoms with Gasteiger partial charge in [0.25, 0.3) is 0 Å². The molecule has 1 rings (SSSR count). The van der Waals surface area contributed by atoms with E-state index in [1.807, 2.05) is 13.0 Å². The molecular formula is C11H11NO3. The summed E-state index contributed by atoms with van der Waals surface area (Å²) in [7, 11) is 0. The molecule has 0 aliphatic heterocycles. The third-order valence-electron chi connectivity index (χ3n) is 2.20. The van der Waals surface area contributed by atoms with Crippen LogP contribution in [0.1, 0.15) is 23.6 Å². The van der Waals surface area contributed by atoms with Crippen molar-refractivity contribution in [3.63, 3.8) is 0 Å². The maximum Gasteiger partial charge on any atom is 0.308 e. The molecule has 0 aliphatic rings. The van der Waals surface area contributed by atoms with E-state index in [1.165, 1.54) is 6.07 Å². The number of phenols is 1. The zero-order chi connectivity index (χ0) is 11.4. The van der Waals surface area contributed by atoms with Crippen LogP contribution in [0, 0.1) is 11.3 Å². The second kappa shape index (κ2) is 4.47. The van der Waals surface area contributed by atoms with Gasteiger partial charge in [0.05, 0.1) is 18.1 Å². The number of hydrogen-bond acceptors (Lipinski definition) is 3. The number of aromatic hydroxyl groups is 1. The van der Waals surface area contributed by atoms with Gasteiger partial charge in [-0.3, -0.25) is 4.79 Å². The highest BCUT2D eigenvalue weighted by molar-refractivity contribution is 5.73. The molecule has 1 aromatic rings. The first kappa shape index (κ1) is 11.1. The van der Waals surface area contributed by atoms with Crippen LogP contribution in [0.25, 0.3) is 0 Å². The van der Waals surface area contributed by atoms with Crippen molar-refractivity contribution in [2.24, 2.45) is 0 Å². The number of carboxylic acids is 1. The first-order chi connectivity index (χ1) is 7.10. The molecule has 0 unspecified atom stereocenters. The number of phenolic OH excluding ortho intramolecular Hbond substituents is 1. The van der Waals surface area contributed by atoms with Crippen LogP contribution in [0.15, 0.2) is 12.1 Å². The van der Waals surface area contributed by atoms with Gasteiger partial charge >= 0.3 is 5.97 Å².